The third-order valence-electron chi connectivity index (χ3n) is 4.31. The van der Waals surface area contributed by atoms with Crippen LogP contribution in [0.3, 0.4) is 0 Å². The van der Waals surface area contributed by atoms with Crippen LogP contribution >= 0.6 is 0 Å². The minimum Gasteiger partial charge on any atom is -0.337 e. The Kier molecular flexibility index (Phi) is 3.27. The van der Waals surface area contributed by atoms with Crippen LogP contribution in [0.2, 0.25) is 0 Å². The van der Waals surface area contributed by atoms with Crippen LogP contribution in [-0.4, -0.2) is 36.5 Å². The average Bonchev–Trinajstić information content (AvgIpc) is 2.81. The lowest BCUT2D eigenvalue weighted by molar-refractivity contribution is 0.0785. The lowest BCUT2D eigenvalue weighted by Crippen LogP contribution is -2.41. The maximum Gasteiger partial charge on any atom is 0.254 e. The first kappa shape index (κ1) is 12.6. The van der Waals surface area contributed by atoms with Gasteiger partial charge in [-0.15, -0.1) is 0 Å². The summed E-state index contributed by atoms with van der Waals surface area (Å²) in [6.45, 7) is 4.45. The molecule has 1 aromatic carbocycles. The molecule has 2 saturated heterocycles. The van der Waals surface area contributed by atoms with Gasteiger partial charge in [-0.25, -0.2) is 4.39 Å². The van der Waals surface area contributed by atoms with Gasteiger partial charge in [-0.3, -0.25) is 4.79 Å². The smallest absolute Gasteiger partial charge is 0.254 e. The number of aryl methyl sites for hydroxylation is 1. The first-order valence-electron chi connectivity index (χ1n) is 6.94. The highest BCUT2D eigenvalue weighted by Gasteiger charge is 2.36. The third-order valence-corrected chi connectivity index (χ3v) is 4.31. The largest absolute Gasteiger partial charge is 0.337 e. The van der Waals surface area contributed by atoms with Crippen molar-refractivity contribution in [1.29, 1.82) is 0 Å². The molecule has 1 amide bonds. The van der Waals surface area contributed by atoms with Gasteiger partial charge in [-0.05, 0) is 56.0 Å². The Morgan fingerprint density at radius 1 is 1.42 bits per heavy atom. The second kappa shape index (κ2) is 4.93. The molecule has 1 N–H and O–H groups in total. The van der Waals surface area contributed by atoms with Gasteiger partial charge in [-0.1, -0.05) is 0 Å². The average molecular weight is 262 g/mol. The molecule has 4 heteroatoms. The molecule has 2 aliphatic rings. The molecule has 2 fully saturated rings. The number of likely N-dealkylation sites (tertiary alicyclic amines) is 1. The highest BCUT2D eigenvalue weighted by atomic mass is 19.1. The molecule has 19 heavy (non-hydrogen) atoms. The van der Waals surface area contributed by atoms with E-state index in [1.54, 1.807) is 13.0 Å². The number of hydrogen-bond acceptors (Lipinski definition) is 2. The van der Waals surface area contributed by atoms with E-state index >= 15 is 0 Å². The number of nitrogens with zero attached hydrogens (tertiary/aromatic N) is 1. The van der Waals surface area contributed by atoms with Crippen LogP contribution < -0.4 is 5.32 Å². The van der Waals surface area contributed by atoms with Crippen molar-refractivity contribution in [2.75, 3.05) is 19.6 Å². The van der Waals surface area contributed by atoms with Gasteiger partial charge in [0.25, 0.3) is 5.91 Å². The lowest BCUT2D eigenvalue weighted by Gasteiger charge is -2.24. The van der Waals surface area contributed by atoms with Crippen LogP contribution in [0.25, 0.3) is 0 Å². The summed E-state index contributed by atoms with van der Waals surface area (Å²) in [6.07, 6.45) is 2.39. The zero-order chi connectivity index (χ0) is 13.4. The summed E-state index contributed by atoms with van der Waals surface area (Å²) in [7, 11) is 0. The number of carbonyl (C=O) groups is 1. The molecule has 0 radical (unpaired) electrons. The van der Waals surface area contributed by atoms with Gasteiger partial charge >= 0.3 is 0 Å². The van der Waals surface area contributed by atoms with E-state index in [0.717, 1.165) is 19.6 Å². The first-order chi connectivity index (χ1) is 9.15. The number of nitrogens with one attached hydrogen (secondary N) is 1. The summed E-state index contributed by atoms with van der Waals surface area (Å²) < 4.78 is 13.1. The van der Waals surface area contributed by atoms with Crippen molar-refractivity contribution in [2.45, 2.75) is 25.8 Å². The summed E-state index contributed by atoms with van der Waals surface area (Å²) in [5.41, 5.74) is 1.34. The molecule has 2 heterocycles. The van der Waals surface area contributed by atoms with E-state index < -0.39 is 0 Å². The maximum atomic E-state index is 13.1. The molecule has 2 atom stereocenters. The van der Waals surface area contributed by atoms with Gasteiger partial charge in [0.05, 0.1) is 0 Å². The minimum atomic E-state index is -0.286. The molecular weight excluding hydrogens is 243 g/mol. The van der Waals surface area contributed by atoms with Crippen LogP contribution in [0.15, 0.2) is 18.2 Å². The summed E-state index contributed by atoms with van der Waals surface area (Å²) in [5, 5.41) is 3.49. The number of fused-ring (bicyclic) bond motifs is 1. The Bertz CT molecular complexity index is 489. The number of halogens is 1. The van der Waals surface area contributed by atoms with E-state index in [1.807, 2.05) is 4.90 Å². The Balaban J connectivity index is 1.77. The predicted octanol–water partition coefficient (Wildman–Crippen LogP) is 1.96. The predicted molar refractivity (Wildman–Crippen MR) is 71.6 cm³/mol. The van der Waals surface area contributed by atoms with Gasteiger partial charge in [0.2, 0.25) is 0 Å². The SMILES string of the molecule is Cc1cc(F)ccc1C(=O)N1C[C@@H]2CCCN[C@@H]2C1. The molecule has 3 nitrogen and oxygen atoms in total. The van der Waals surface area contributed by atoms with Crippen LogP contribution in [-0.2, 0) is 0 Å². The van der Waals surface area contributed by atoms with E-state index in [9.17, 15) is 9.18 Å². The zero-order valence-electron chi connectivity index (χ0n) is 11.2. The molecule has 1 aromatic rings. The lowest BCUT2D eigenvalue weighted by atomic mass is 9.94. The summed E-state index contributed by atoms with van der Waals surface area (Å²) in [5.74, 6) is 0.331. The van der Waals surface area contributed by atoms with Crippen molar-refractivity contribution < 1.29 is 9.18 Å². The van der Waals surface area contributed by atoms with Crippen molar-refractivity contribution in [3.05, 3.63) is 35.1 Å². The molecule has 0 aliphatic carbocycles. The molecule has 0 saturated carbocycles. The van der Waals surface area contributed by atoms with E-state index in [-0.39, 0.29) is 11.7 Å². The zero-order valence-corrected chi connectivity index (χ0v) is 11.2. The molecule has 2 aliphatic heterocycles. The summed E-state index contributed by atoms with van der Waals surface area (Å²) >= 11 is 0. The number of carbonyl (C=O) groups excluding carboxylic acids is 1. The van der Waals surface area contributed by atoms with Gasteiger partial charge in [0, 0.05) is 24.7 Å². The molecule has 0 aromatic heterocycles. The van der Waals surface area contributed by atoms with Crippen LogP contribution in [0.5, 0.6) is 0 Å². The fraction of sp³-hybridized carbons (Fsp3) is 0.533. The van der Waals surface area contributed by atoms with E-state index in [2.05, 4.69) is 5.32 Å². The second-order valence-corrected chi connectivity index (χ2v) is 5.63. The minimum absolute atomic E-state index is 0.0358. The Labute approximate surface area is 112 Å². The summed E-state index contributed by atoms with van der Waals surface area (Å²) in [4.78, 5) is 14.4. The van der Waals surface area contributed by atoms with Crippen LogP contribution in [0.1, 0.15) is 28.8 Å². The van der Waals surface area contributed by atoms with E-state index in [0.29, 0.717) is 23.1 Å². The fourth-order valence-corrected chi connectivity index (χ4v) is 3.25. The van der Waals surface area contributed by atoms with Crippen LogP contribution in [0.4, 0.5) is 4.39 Å². The van der Waals surface area contributed by atoms with Gasteiger partial charge in [0.15, 0.2) is 0 Å². The van der Waals surface area contributed by atoms with Gasteiger partial charge < -0.3 is 10.2 Å². The van der Waals surface area contributed by atoms with Crippen molar-refractivity contribution >= 4 is 5.91 Å². The van der Waals surface area contributed by atoms with Crippen molar-refractivity contribution in [2.24, 2.45) is 5.92 Å². The van der Waals surface area contributed by atoms with Crippen molar-refractivity contribution in [3.63, 3.8) is 0 Å². The Hall–Kier alpha value is -1.42. The van der Waals surface area contributed by atoms with Crippen molar-refractivity contribution in [1.82, 2.24) is 10.2 Å². The summed E-state index contributed by atoms with van der Waals surface area (Å²) in [6, 6.07) is 4.83. The normalized spacial score (nSPS) is 26.3. The highest BCUT2D eigenvalue weighted by molar-refractivity contribution is 5.95. The maximum absolute atomic E-state index is 13.1. The Morgan fingerprint density at radius 2 is 2.26 bits per heavy atom. The highest BCUT2D eigenvalue weighted by Crippen LogP contribution is 2.26. The monoisotopic (exact) mass is 262 g/mol. The van der Waals surface area contributed by atoms with Crippen LogP contribution in [0, 0.1) is 18.7 Å². The Morgan fingerprint density at radius 3 is 3.00 bits per heavy atom. The van der Waals surface area contributed by atoms with E-state index in [4.69, 9.17) is 0 Å². The molecule has 0 unspecified atom stereocenters. The number of hydrogen-bond donors (Lipinski definition) is 1. The topological polar surface area (TPSA) is 32.3 Å². The van der Waals surface area contributed by atoms with Gasteiger partial charge in [-0.2, -0.15) is 0 Å². The number of amides is 1. The molecule has 0 bridgehead atoms. The molecule has 0 spiro atoms. The van der Waals surface area contributed by atoms with E-state index in [1.165, 1.54) is 25.0 Å². The molecule has 3 rings (SSSR count). The van der Waals surface area contributed by atoms with Gasteiger partial charge in [0.1, 0.15) is 5.82 Å². The quantitative estimate of drug-likeness (QED) is 0.839. The molecular formula is C15H19FN2O. The second-order valence-electron chi connectivity index (χ2n) is 5.63. The standard InChI is InChI=1S/C15H19FN2O/c1-10-7-12(16)4-5-13(10)15(19)18-8-11-3-2-6-17-14(11)9-18/h4-5,7,11,14,17H,2-3,6,8-9H2,1H3/t11-,14+/m0/s1. The molecule has 102 valence electrons. The van der Waals surface area contributed by atoms with Crippen molar-refractivity contribution in [3.8, 4) is 0 Å². The fourth-order valence-electron chi connectivity index (χ4n) is 3.25. The number of piperidine rings is 1. The first-order valence-corrected chi connectivity index (χ1v) is 6.94. The number of rotatable bonds is 1. The number of benzene rings is 1. The third kappa shape index (κ3) is 2.37.